The summed E-state index contributed by atoms with van der Waals surface area (Å²) in [6.45, 7) is 0.951. The number of ether oxygens (including phenoxy) is 2. The molecular weight excluding hydrogens is 417 g/mol. The lowest BCUT2D eigenvalue weighted by molar-refractivity contribution is -0.120. The van der Waals surface area contributed by atoms with E-state index in [9.17, 15) is 9.18 Å². The zero-order valence-electron chi connectivity index (χ0n) is 16.4. The third kappa shape index (κ3) is 5.79. The minimum Gasteiger partial charge on any atom is -0.493 e. The molecule has 3 aromatic rings. The Kier molecular flexibility index (Phi) is 8.19. The smallest absolute Gasteiger partial charge is 0.266 e. The van der Waals surface area contributed by atoms with Gasteiger partial charge in [0.2, 0.25) is 0 Å². The van der Waals surface area contributed by atoms with Gasteiger partial charge in [0.25, 0.3) is 5.91 Å². The second kappa shape index (κ2) is 10.4. The van der Waals surface area contributed by atoms with E-state index >= 15 is 0 Å². The van der Waals surface area contributed by atoms with Crippen LogP contribution in [0.3, 0.4) is 0 Å². The highest BCUT2D eigenvalue weighted by Gasteiger charge is 2.21. The molecule has 3 rings (SSSR count). The molecule has 0 fully saturated rings. The van der Waals surface area contributed by atoms with Crippen LogP contribution >= 0.6 is 23.7 Å². The average Bonchev–Trinajstić information content (AvgIpc) is 3.09. The summed E-state index contributed by atoms with van der Waals surface area (Å²) in [6, 6.07) is 11.6. The number of carbonyl (C=O) groups is 1. The number of carbonyl (C=O) groups excluding carboxylic acids is 1. The fourth-order valence-corrected chi connectivity index (χ4v) is 3.62. The van der Waals surface area contributed by atoms with Crippen molar-refractivity contribution in [2.45, 2.75) is 0 Å². The SMILES string of the molecule is COc1ccccc1OCC(=O)N(CCN(C)C)c1nc2ccc(F)cc2s1.Cl. The molecule has 0 atom stereocenters. The summed E-state index contributed by atoms with van der Waals surface area (Å²) in [5.74, 6) is 0.503. The molecule has 9 heteroatoms. The van der Waals surface area contributed by atoms with Crippen molar-refractivity contribution in [2.24, 2.45) is 0 Å². The Morgan fingerprint density at radius 2 is 1.86 bits per heavy atom. The van der Waals surface area contributed by atoms with Crippen molar-refractivity contribution in [1.82, 2.24) is 9.88 Å². The van der Waals surface area contributed by atoms with Crippen LogP contribution in [0.15, 0.2) is 42.5 Å². The molecule has 0 saturated heterocycles. The van der Waals surface area contributed by atoms with Gasteiger partial charge in [-0.2, -0.15) is 0 Å². The molecule has 1 amide bonds. The quantitative estimate of drug-likeness (QED) is 0.533. The number of rotatable bonds is 8. The summed E-state index contributed by atoms with van der Waals surface area (Å²) in [5, 5.41) is 0.524. The highest BCUT2D eigenvalue weighted by molar-refractivity contribution is 7.22. The van der Waals surface area contributed by atoms with Crippen LogP contribution in [0.25, 0.3) is 10.2 Å². The number of benzene rings is 2. The van der Waals surface area contributed by atoms with Gasteiger partial charge < -0.3 is 14.4 Å². The van der Waals surface area contributed by atoms with E-state index in [0.29, 0.717) is 39.9 Å². The van der Waals surface area contributed by atoms with Crippen molar-refractivity contribution in [3.05, 3.63) is 48.3 Å². The number of thiazole rings is 1. The first-order valence-electron chi connectivity index (χ1n) is 8.75. The molecule has 0 spiro atoms. The van der Waals surface area contributed by atoms with Crippen molar-refractivity contribution in [1.29, 1.82) is 0 Å². The molecular formula is C20H23ClFN3O3S. The van der Waals surface area contributed by atoms with Gasteiger partial charge in [-0.05, 0) is 44.4 Å². The van der Waals surface area contributed by atoms with Crippen LogP contribution in [0.4, 0.5) is 9.52 Å². The molecule has 1 aromatic heterocycles. The highest BCUT2D eigenvalue weighted by atomic mass is 35.5. The van der Waals surface area contributed by atoms with Crippen LogP contribution in [0, 0.1) is 5.82 Å². The topological polar surface area (TPSA) is 54.9 Å². The predicted molar refractivity (Wildman–Crippen MR) is 116 cm³/mol. The van der Waals surface area contributed by atoms with Crippen molar-refractivity contribution in [2.75, 3.05) is 45.8 Å². The van der Waals surface area contributed by atoms with Crippen LogP contribution in [0.5, 0.6) is 11.5 Å². The van der Waals surface area contributed by atoms with Crippen LogP contribution in [-0.2, 0) is 4.79 Å². The number of para-hydroxylation sites is 2. The number of amides is 1. The average molecular weight is 440 g/mol. The molecule has 0 bridgehead atoms. The van der Waals surface area contributed by atoms with Crippen LogP contribution in [0.2, 0.25) is 0 Å². The zero-order chi connectivity index (χ0) is 20.1. The van der Waals surface area contributed by atoms with Gasteiger partial charge in [0.15, 0.2) is 23.2 Å². The monoisotopic (exact) mass is 439 g/mol. The van der Waals surface area contributed by atoms with E-state index in [1.54, 1.807) is 30.2 Å². The van der Waals surface area contributed by atoms with Gasteiger partial charge >= 0.3 is 0 Å². The van der Waals surface area contributed by atoms with Crippen LogP contribution < -0.4 is 14.4 Å². The first-order valence-corrected chi connectivity index (χ1v) is 9.56. The maximum atomic E-state index is 13.5. The minimum atomic E-state index is -0.326. The number of hydrogen-bond donors (Lipinski definition) is 0. The van der Waals surface area contributed by atoms with E-state index in [-0.39, 0.29) is 30.7 Å². The summed E-state index contributed by atoms with van der Waals surface area (Å²) in [4.78, 5) is 21.0. The normalized spacial score (nSPS) is 10.7. The van der Waals surface area contributed by atoms with Crippen LogP contribution in [0.1, 0.15) is 0 Å². The summed E-state index contributed by atoms with van der Waals surface area (Å²) >= 11 is 1.28. The zero-order valence-corrected chi connectivity index (χ0v) is 18.1. The lowest BCUT2D eigenvalue weighted by Gasteiger charge is -2.22. The summed E-state index contributed by atoms with van der Waals surface area (Å²) in [5.41, 5.74) is 0.662. The third-order valence-corrected chi connectivity index (χ3v) is 5.10. The van der Waals surface area contributed by atoms with E-state index in [1.807, 2.05) is 31.1 Å². The predicted octanol–water partition coefficient (Wildman–Crippen LogP) is 3.84. The molecule has 0 aliphatic heterocycles. The molecule has 6 nitrogen and oxygen atoms in total. The molecule has 2 aromatic carbocycles. The Balaban J connectivity index is 0.00000300. The number of fused-ring (bicyclic) bond motifs is 1. The molecule has 0 radical (unpaired) electrons. The van der Waals surface area contributed by atoms with E-state index in [2.05, 4.69) is 4.98 Å². The third-order valence-electron chi connectivity index (χ3n) is 4.06. The number of hydrogen-bond acceptors (Lipinski definition) is 6. The summed E-state index contributed by atoms with van der Waals surface area (Å²) < 4.78 is 25.1. The Labute approximate surface area is 179 Å². The number of likely N-dealkylation sites (N-methyl/N-ethyl adjacent to an activating group) is 1. The van der Waals surface area contributed by atoms with Crippen molar-refractivity contribution < 1.29 is 18.7 Å². The summed E-state index contributed by atoms with van der Waals surface area (Å²) in [6.07, 6.45) is 0. The number of halogens is 2. The molecule has 0 unspecified atom stereocenters. The van der Waals surface area contributed by atoms with Gasteiger partial charge in [0.05, 0.1) is 17.3 Å². The van der Waals surface area contributed by atoms with Crippen LogP contribution in [-0.4, -0.2) is 56.7 Å². The number of aromatic nitrogens is 1. The Morgan fingerprint density at radius 1 is 1.14 bits per heavy atom. The van der Waals surface area contributed by atoms with E-state index in [4.69, 9.17) is 9.47 Å². The summed E-state index contributed by atoms with van der Waals surface area (Å²) in [7, 11) is 5.41. The number of anilines is 1. The van der Waals surface area contributed by atoms with Gasteiger partial charge in [-0.15, -0.1) is 12.4 Å². The first-order chi connectivity index (χ1) is 13.5. The van der Waals surface area contributed by atoms with Crippen molar-refractivity contribution in [3.63, 3.8) is 0 Å². The van der Waals surface area contributed by atoms with Gasteiger partial charge in [0.1, 0.15) is 5.82 Å². The molecule has 0 aliphatic carbocycles. The highest BCUT2D eigenvalue weighted by Crippen LogP contribution is 2.30. The molecule has 156 valence electrons. The van der Waals surface area contributed by atoms with E-state index in [0.717, 1.165) is 0 Å². The standard InChI is InChI=1S/C20H22FN3O3S.ClH/c1-23(2)10-11-24(20-22-15-9-8-14(21)12-18(15)28-20)19(25)13-27-17-7-5-4-6-16(17)26-3;/h4-9,12H,10-11,13H2,1-3H3;1H. The second-order valence-electron chi connectivity index (χ2n) is 6.40. The van der Waals surface area contributed by atoms with Gasteiger partial charge in [0, 0.05) is 13.1 Å². The lowest BCUT2D eigenvalue weighted by Crippen LogP contribution is -2.39. The van der Waals surface area contributed by atoms with E-state index in [1.165, 1.54) is 23.5 Å². The van der Waals surface area contributed by atoms with Gasteiger partial charge in [-0.1, -0.05) is 23.5 Å². The van der Waals surface area contributed by atoms with Crippen molar-refractivity contribution in [3.8, 4) is 11.5 Å². The molecule has 0 N–H and O–H groups in total. The largest absolute Gasteiger partial charge is 0.493 e. The first kappa shape index (κ1) is 22.9. The molecule has 29 heavy (non-hydrogen) atoms. The fraction of sp³-hybridized carbons (Fsp3) is 0.300. The Bertz CT molecular complexity index is 967. The second-order valence-corrected chi connectivity index (χ2v) is 7.41. The molecule has 0 aliphatic rings. The number of nitrogens with zero attached hydrogens (tertiary/aromatic N) is 3. The maximum Gasteiger partial charge on any atom is 0.266 e. The minimum absolute atomic E-state index is 0. The maximum absolute atomic E-state index is 13.5. The number of methoxy groups -OCH3 is 1. The molecule has 1 heterocycles. The van der Waals surface area contributed by atoms with Gasteiger partial charge in [-0.3, -0.25) is 9.69 Å². The molecule has 0 saturated carbocycles. The fourth-order valence-electron chi connectivity index (χ4n) is 2.58. The Hall–Kier alpha value is -2.42. The van der Waals surface area contributed by atoms with Crippen molar-refractivity contribution >= 4 is 45.0 Å². The lowest BCUT2D eigenvalue weighted by atomic mass is 10.3. The van der Waals surface area contributed by atoms with Gasteiger partial charge in [-0.25, -0.2) is 9.37 Å². The van der Waals surface area contributed by atoms with E-state index < -0.39 is 0 Å². The Morgan fingerprint density at radius 3 is 2.55 bits per heavy atom.